The van der Waals surface area contributed by atoms with Crippen LogP contribution in [0, 0.1) is 0 Å². The van der Waals surface area contributed by atoms with Gasteiger partial charge < -0.3 is 15.0 Å². The highest BCUT2D eigenvalue weighted by Gasteiger charge is 2.34. The van der Waals surface area contributed by atoms with E-state index in [1.165, 1.54) is 28.8 Å². The van der Waals surface area contributed by atoms with Gasteiger partial charge in [-0.2, -0.15) is 0 Å². The van der Waals surface area contributed by atoms with Gasteiger partial charge >= 0.3 is 0 Å². The molecule has 0 spiro atoms. The lowest BCUT2D eigenvalue weighted by Crippen LogP contribution is -2.54. The lowest BCUT2D eigenvalue weighted by atomic mass is 10.1. The van der Waals surface area contributed by atoms with Gasteiger partial charge in [0.25, 0.3) is 10.0 Å². The van der Waals surface area contributed by atoms with Gasteiger partial charge in [-0.15, -0.1) is 11.8 Å². The molecule has 1 N–H and O–H groups in total. The Morgan fingerprint density at radius 3 is 2.29 bits per heavy atom. The largest absolute Gasteiger partial charge is 0.492 e. The number of hydrogen-bond donors (Lipinski definition) is 1. The van der Waals surface area contributed by atoms with Gasteiger partial charge in [0.15, 0.2) is 0 Å². The predicted octanol–water partition coefficient (Wildman–Crippen LogP) is 5.99. The zero-order valence-electron chi connectivity index (χ0n) is 24.8. The number of anilines is 1. The van der Waals surface area contributed by atoms with E-state index in [2.05, 4.69) is 5.32 Å². The second-order valence-corrected chi connectivity index (χ2v) is 13.8. The van der Waals surface area contributed by atoms with Gasteiger partial charge in [-0.05, 0) is 95.0 Å². The molecule has 0 radical (unpaired) electrons. The number of benzene rings is 3. The number of nitrogens with zero attached hydrogens (tertiary/aromatic N) is 2. The topological polar surface area (TPSA) is 96.0 Å². The Morgan fingerprint density at radius 1 is 1.02 bits per heavy atom. The summed E-state index contributed by atoms with van der Waals surface area (Å²) in [4.78, 5) is 29.7. The summed E-state index contributed by atoms with van der Waals surface area (Å²) in [7, 11) is -4.23. The van der Waals surface area contributed by atoms with Crippen LogP contribution in [-0.4, -0.2) is 56.1 Å². The van der Waals surface area contributed by atoms with Crippen LogP contribution < -0.4 is 14.4 Å². The average molecular weight is 632 g/mol. The summed E-state index contributed by atoms with van der Waals surface area (Å²) in [6, 6.07) is 19.2. The van der Waals surface area contributed by atoms with E-state index >= 15 is 0 Å². The number of carbonyl (C=O) groups excluding carboxylic acids is 2. The van der Waals surface area contributed by atoms with E-state index in [1.54, 1.807) is 74.5 Å². The molecule has 0 aromatic heterocycles. The number of ether oxygens (including phenoxy) is 1. The maximum absolute atomic E-state index is 14.1. The molecular formula is C31H38ClN3O5S2. The number of thioether (sulfide) groups is 1. The highest BCUT2D eigenvalue weighted by Crippen LogP contribution is 2.33. The van der Waals surface area contributed by atoms with Crippen LogP contribution in [0.3, 0.4) is 0 Å². The van der Waals surface area contributed by atoms with Crippen molar-refractivity contribution < 1.29 is 22.7 Å². The fraction of sp³-hybridized carbons (Fsp3) is 0.355. The molecule has 0 aliphatic heterocycles. The molecule has 3 rings (SSSR count). The lowest BCUT2D eigenvalue weighted by molar-refractivity contribution is -0.140. The van der Waals surface area contributed by atoms with Gasteiger partial charge in [-0.25, -0.2) is 8.42 Å². The summed E-state index contributed by atoms with van der Waals surface area (Å²) in [5, 5.41) is 3.40. The summed E-state index contributed by atoms with van der Waals surface area (Å²) >= 11 is 7.70. The Hall–Kier alpha value is -3.21. The summed E-state index contributed by atoms with van der Waals surface area (Å²) in [5.41, 5.74) is 0.379. The third-order valence-corrected chi connectivity index (χ3v) is 9.02. The molecule has 11 heteroatoms. The molecule has 8 nitrogen and oxygen atoms in total. The van der Waals surface area contributed by atoms with Crippen molar-refractivity contribution in [2.45, 2.75) is 62.5 Å². The quantitative estimate of drug-likeness (QED) is 0.247. The van der Waals surface area contributed by atoms with Gasteiger partial charge in [0.2, 0.25) is 11.8 Å². The molecule has 3 aromatic rings. The maximum Gasteiger partial charge on any atom is 0.264 e. The fourth-order valence-electron chi connectivity index (χ4n) is 4.22. The van der Waals surface area contributed by atoms with E-state index in [1.807, 2.05) is 27.0 Å². The van der Waals surface area contributed by atoms with E-state index in [4.69, 9.17) is 16.3 Å². The van der Waals surface area contributed by atoms with Crippen LogP contribution in [0.15, 0.2) is 82.6 Å². The molecule has 2 amide bonds. The minimum atomic E-state index is -4.23. The molecule has 0 aliphatic rings. The van der Waals surface area contributed by atoms with Crippen LogP contribution >= 0.6 is 23.4 Å². The Labute approximate surface area is 258 Å². The zero-order valence-corrected chi connectivity index (χ0v) is 27.1. The first-order valence-electron chi connectivity index (χ1n) is 13.5. The average Bonchev–Trinajstić information content (AvgIpc) is 2.94. The van der Waals surface area contributed by atoms with Crippen molar-refractivity contribution in [1.82, 2.24) is 10.2 Å². The van der Waals surface area contributed by atoms with E-state index in [0.717, 1.165) is 9.20 Å². The Morgan fingerprint density at radius 2 is 1.69 bits per heavy atom. The Bertz CT molecular complexity index is 1490. The molecule has 0 heterocycles. The minimum absolute atomic E-state index is 0.0271. The number of amides is 2. The molecular weight excluding hydrogens is 594 g/mol. The van der Waals surface area contributed by atoms with Crippen molar-refractivity contribution in [1.29, 1.82) is 0 Å². The van der Waals surface area contributed by atoms with Gasteiger partial charge in [0.05, 0.1) is 17.2 Å². The highest BCUT2D eigenvalue weighted by atomic mass is 35.5. The van der Waals surface area contributed by atoms with Crippen molar-refractivity contribution in [2.75, 3.05) is 23.7 Å². The third-order valence-electron chi connectivity index (χ3n) is 6.27. The number of carbonyl (C=O) groups is 2. The van der Waals surface area contributed by atoms with Crippen LogP contribution in [0.25, 0.3) is 0 Å². The Kier molecular flexibility index (Phi) is 11.3. The van der Waals surface area contributed by atoms with E-state index in [9.17, 15) is 18.0 Å². The van der Waals surface area contributed by atoms with Gasteiger partial charge in [-0.1, -0.05) is 35.9 Å². The SMILES string of the molecule is CCOc1ccccc1N(CC(=O)N(Cc1cccc(Cl)c1)C(C)C(=O)NC(C)(C)C)S(=O)(=O)c1ccc(SC)cc1. The molecule has 0 saturated heterocycles. The first-order chi connectivity index (χ1) is 19.8. The molecule has 0 saturated carbocycles. The lowest BCUT2D eigenvalue weighted by Gasteiger charge is -2.33. The normalized spacial score (nSPS) is 12.4. The number of para-hydroxylation sites is 2. The van der Waals surface area contributed by atoms with E-state index in [-0.39, 0.29) is 23.0 Å². The number of hydrogen-bond acceptors (Lipinski definition) is 6. The number of nitrogens with one attached hydrogen (secondary N) is 1. The molecule has 1 atom stereocenters. The van der Waals surface area contributed by atoms with Crippen LogP contribution in [0.1, 0.15) is 40.2 Å². The van der Waals surface area contributed by atoms with Gasteiger partial charge in [0, 0.05) is 22.0 Å². The third kappa shape index (κ3) is 8.65. The first kappa shape index (κ1) is 33.3. The second-order valence-electron chi connectivity index (χ2n) is 10.7. The maximum atomic E-state index is 14.1. The van der Waals surface area contributed by atoms with Crippen LogP contribution in [0.2, 0.25) is 5.02 Å². The molecule has 3 aromatic carbocycles. The number of rotatable bonds is 12. The summed E-state index contributed by atoms with van der Waals surface area (Å²) in [5.74, 6) is -0.617. The second kappa shape index (κ2) is 14.3. The molecule has 0 fully saturated rings. The summed E-state index contributed by atoms with van der Waals surface area (Å²) < 4.78 is 35.1. The number of halogens is 1. The molecule has 226 valence electrons. The van der Waals surface area contributed by atoms with Crippen molar-refractivity contribution in [3.8, 4) is 5.75 Å². The van der Waals surface area contributed by atoms with Gasteiger partial charge in [-0.3, -0.25) is 13.9 Å². The highest BCUT2D eigenvalue weighted by molar-refractivity contribution is 7.98. The monoisotopic (exact) mass is 631 g/mol. The fourth-order valence-corrected chi connectivity index (χ4v) is 6.26. The summed E-state index contributed by atoms with van der Waals surface area (Å²) in [6.07, 6.45) is 1.90. The summed E-state index contributed by atoms with van der Waals surface area (Å²) in [6.45, 7) is 8.74. The van der Waals surface area contributed by atoms with Crippen LogP contribution in [-0.2, 0) is 26.2 Å². The molecule has 1 unspecified atom stereocenters. The Balaban J connectivity index is 2.10. The predicted molar refractivity (Wildman–Crippen MR) is 170 cm³/mol. The standard InChI is InChI=1S/C31H38ClN3O5S2/c1-7-40-28-14-9-8-13-27(28)35(42(38,39)26-17-15-25(41-6)16-18-26)21-29(36)34(20-23-11-10-12-24(32)19-23)22(2)30(37)33-31(3,4)5/h8-19,22H,7,20-21H2,1-6H3,(H,33,37). The van der Waals surface area contributed by atoms with E-state index < -0.39 is 34.1 Å². The molecule has 0 aliphatic carbocycles. The van der Waals surface area contributed by atoms with Crippen molar-refractivity contribution in [3.63, 3.8) is 0 Å². The number of sulfonamides is 1. The van der Waals surface area contributed by atoms with Gasteiger partial charge in [0.1, 0.15) is 18.3 Å². The van der Waals surface area contributed by atoms with Crippen molar-refractivity contribution >= 4 is 50.9 Å². The van der Waals surface area contributed by atoms with Crippen LogP contribution in [0.4, 0.5) is 5.69 Å². The van der Waals surface area contributed by atoms with Crippen LogP contribution in [0.5, 0.6) is 5.75 Å². The molecule has 0 bridgehead atoms. The van der Waals surface area contributed by atoms with E-state index in [0.29, 0.717) is 22.9 Å². The smallest absolute Gasteiger partial charge is 0.264 e. The minimum Gasteiger partial charge on any atom is -0.492 e. The first-order valence-corrected chi connectivity index (χ1v) is 16.6. The zero-order chi connectivity index (χ0) is 31.1. The molecule has 42 heavy (non-hydrogen) atoms. The van der Waals surface area contributed by atoms with Crippen molar-refractivity contribution in [3.05, 3.63) is 83.4 Å². The van der Waals surface area contributed by atoms with Crippen molar-refractivity contribution in [2.24, 2.45) is 0 Å².